The van der Waals surface area contributed by atoms with Crippen molar-refractivity contribution in [3.05, 3.63) is 60.4 Å². The summed E-state index contributed by atoms with van der Waals surface area (Å²) in [5, 5.41) is 1.68. The highest BCUT2D eigenvalue weighted by Crippen LogP contribution is 2.39. The van der Waals surface area contributed by atoms with Crippen LogP contribution >= 0.6 is 0 Å². The zero-order valence-corrected chi connectivity index (χ0v) is 11.1. The van der Waals surface area contributed by atoms with Crippen LogP contribution < -0.4 is 10.5 Å². The van der Waals surface area contributed by atoms with Gasteiger partial charge in [0.2, 0.25) is 0 Å². The summed E-state index contributed by atoms with van der Waals surface area (Å²) in [6.07, 6.45) is 0. The van der Waals surface area contributed by atoms with E-state index in [2.05, 4.69) is 0 Å². The predicted octanol–water partition coefficient (Wildman–Crippen LogP) is 4.24. The molecule has 3 rings (SSSR count). The van der Waals surface area contributed by atoms with Gasteiger partial charge in [-0.3, -0.25) is 0 Å². The summed E-state index contributed by atoms with van der Waals surface area (Å²) < 4.78 is 18.8. The molecule has 0 radical (unpaired) electrons. The highest BCUT2D eigenvalue weighted by atomic mass is 19.1. The van der Waals surface area contributed by atoms with Gasteiger partial charge >= 0.3 is 0 Å². The van der Waals surface area contributed by atoms with Gasteiger partial charge < -0.3 is 10.5 Å². The van der Waals surface area contributed by atoms with Crippen LogP contribution in [0.3, 0.4) is 0 Å². The highest BCUT2D eigenvalue weighted by Gasteiger charge is 2.12. The first-order chi connectivity index (χ1) is 9.70. The largest absolute Gasteiger partial charge is 0.495 e. The van der Waals surface area contributed by atoms with Crippen LogP contribution in [0.1, 0.15) is 0 Å². The standard InChI is InChI=1S/C17H14FNO/c1-20-17-13-9-7-12(18)10-11(13)6-8-15(17)14-4-2-3-5-16(14)19/h2-10H,19H2,1H3. The molecule has 3 heteroatoms. The molecule has 0 spiro atoms. The molecule has 0 bridgehead atoms. The molecule has 0 saturated heterocycles. The molecule has 3 aromatic carbocycles. The van der Waals surface area contributed by atoms with Gasteiger partial charge in [-0.15, -0.1) is 0 Å². The third kappa shape index (κ3) is 1.97. The van der Waals surface area contributed by atoms with E-state index in [-0.39, 0.29) is 5.82 Å². The topological polar surface area (TPSA) is 35.2 Å². The van der Waals surface area contributed by atoms with Gasteiger partial charge in [-0.1, -0.05) is 24.3 Å². The summed E-state index contributed by atoms with van der Waals surface area (Å²) >= 11 is 0. The molecular weight excluding hydrogens is 253 g/mol. The minimum Gasteiger partial charge on any atom is -0.495 e. The Morgan fingerprint density at radius 2 is 1.75 bits per heavy atom. The maximum atomic E-state index is 13.3. The summed E-state index contributed by atoms with van der Waals surface area (Å²) in [6, 6.07) is 16.1. The van der Waals surface area contributed by atoms with E-state index < -0.39 is 0 Å². The zero-order chi connectivity index (χ0) is 14.1. The molecule has 20 heavy (non-hydrogen) atoms. The molecule has 0 aliphatic rings. The molecule has 0 fully saturated rings. The zero-order valence-electron chi connectivity index (χ0n) is 11.1. The molecule has 0 heterocycles. The van der Waals surface area contributed by atoms with Crippen molar-refractivity contribution in [2.75, 3.05) is 12.8 Å². The molecule has 0 saturated carbocycles. The molecule has 0 unspecified atom stereocenters. The van der Waals surface area contributed by atoms with E-state index >= 15 is 0 Å². The molecule has 2 N–H and O–H groups in total. The number of methoxy groups -OCH3 is 1. The van der Waals surface area contributed by atoms with Gasteiger partial charge in [0.15, 0.2) is 0 Å². The van der Waals surface area contributed by atoms with E-state index in [0.717, 1.165) is 21.9 Å². The Morgan fingerprint density at radius 3 is 2.50 bits per heavy atom. The number of rotatable bonds is 2. The maximum absolute atomic E-state index is 13.3. The van der Waals surface area contributed by atoms with Crippen LogP contribution in [0.25, 0.3) is 21.9 Å². The van der Waals surface area contributed by atoms with Gasteiger partial charge in [0.1, 0.15) is 11.6 Å². The predicted molar refractivity (Wildman–Crippen MR) is 80.3 cm³/mol. The summed E-state index contributed by atoms with van der Waals surface area (Å²) in [5.74, 6) is 0.451. The first-order valence-electron chi connectivity index (χ1n) is 6.32. The third-order valence-electron chi connectivity index (χ3n) is 3.39. The van der Waals surface area contributed by atoms with Gasteiger partial charge in [0.25, 0.3) is 0 Å². The fourth-order valence-electron chi connectivity index (χ4n) is 2.45. The van der Waals surface area contributed by atoms with E-state index in [1.54, 1.807) is 13.2 Å². The van der Waals surface area contributed by atoms with Crippen molar-refractivity contribution in [1.29, 1.82) is 0 Å². The molecule has 0 aromatic heterocycles. The van der Waals surface area contributed by atoms with Crippen LogP contribution in [0.4, 0.5) is 10.1 Å². The number of para-hydroxylation sites is 1. The number of hydrogen-bond donors (Lipinski definition) is 1. The number of hydrogen-bond acceptors (Lipinski definition) is 2. The number of nitrogen functional groups attached to an aromatic ring is 1. The quantitative estimate of drug-likeness (QED) is 0.705. The molecule has 0 aliphatic heterocycles. The minimum absolute atomic E-state index is 0.258. The summed E-state index contributed by atoms with van der Waals surface area (Å²) in [4.78, 5) is 0. The van der Waals surface area contributed by atoms with Crippen LogP contribution in [0, 0.1) is 5.82 Å². The first kappa shape index (κ1) is 12.5. The molecular formula is C17H14FNO. The van der Waals surface area contributed by atoms with Crippen molar-refractivity contribution in [2.45, 2.75) is 0 Å². The van der Waals surface area contributed by atoms with Crippen LogP contribution in [0.15, 0.2) is 54.6 Å². The Balaban J connectivity index is 2.32. The van der Waals surface area contributed by atoms with Gasteiger partial charge in [0, 0.05) is 22.2 Å². The third-order valence-corrected chi connectivity index (χ3v) is 3.39. The van der Waals surface area contributed by atoms with Crippen molar-refractivity contribution < 1.29 is 9.13 Å². The van der Waals surface area contributed by atoms with E-state index in [1.165, 1.54) is 12.1 Å². The second-order valence-corrected chi connectivity index (χ2v) is 4.60. The summed E-state index contributed by atoms with van der Waals surface area (Å²) in [5.41, 5.74) is 8.54. The van der Waals surface area contributed by atoms with E-state index in [0.29, 0.717) is 11.4 Å². The molecule has 3 aromatic rings. The fourth-order valence-corrected chi connectivity index (χ4v) is 2.45. The molecule has 2 nitrogen and oxygen atoms in total. The summed E-state index contributed by atoms with van der Waals surface area (Å²) in [7, 11) is 1.61. The Labute approximate surface area is 116 Å². The van der Waals surface area contributed by atoms with Crippen molar-refractivity contribution in [3.8, 4) is 16.9 Å². The number of fused-ring (bicyclic) bond motifs is 1. The number of halogens is 1. The number of ether oxygens (including phenoxy) is 1. The lowest BCUT2D eigenvalue weighted by Gasteiger charge is -2.13. The molecule has 0 amide bonds. The van der Waals surface area contributed by atoms with Gasteiger partial charge in [0.05, 0.1) is 7.11 Å². The van der Waals surface area contributed by atoms with Gasteiger partial charge in [-0.25, -0.2) is 4.39 Å². The van der Waals surface area contributed by atoms with E-state index in [4.69, 9.17) is 10.5 Å². The monoisotopic (exact) mass is 267 g/mol. The second-order valence-electron chi connectivity index (χ2n) is 4.60. The molecule has 0 aliphatic carbocycles. The second kappa shape index (κ2) is 4.85. The van der Waals surface area contributed by atoms with E-state index in [9.17, 15) is 4.39 Å². The minimum atomic E-state index is -0.258. The van der Waals surface area contributed by atoms with Crippen LogP contribution in [0.5, 0.6) is 5.75 Å². The van der Waals surface area contributed by atoms with Crippen molar-refractivity contribution in [3.63, 3.8) is 0 Å². The molecule has 0 atom stereocenters. The van der Waals surface area contributed by atoms with Crippen molar-refractivity contribution in [1.82, 2.24) is 0 Å². The number of nitrogens with two attached hydrogens (primary N) is 1. The lowest BCUT2D eigenvalue weighted by Crippen LogP contribution is -1.94. The lowest BCUT2D eigenvalue weighted by atomic mass is 9.98. The van der Waals surface area contributed by atoms with Crippen LogP contribution in [-0.4, -0.2) is 7.11 Å². The fraction of sp³-hybridized carbons (Fsp3) is 0.0588. The van der Waals surface area contributed by atoms with Crippen molar-refractivity contribution >= 4 is 16.5 Å². The smallest absolute Gasteiger partial charge is 0.134 e. The van der Waals surface area contributed by atoms with E-state index in [1.807, 2.05) is 36.4 Å². The first-order valence-corrected chi connectivity index (χ1v) is 6.32. The Bertz CT molecular complexity index is 783. The Kier molecular flexibility index (Phi) is 3.03. The Morgan fingerprint density at radius 1 is 0.950 bits per heavy atom. The highest BCUT2D eigenvalue weighted by molar-refractivity contribution is 5.96. The van der Waals surface area contributed by atoms with Gasteiger partial charge in [-0.05, 0) is 35.7 Å². The molecule has 100 valence electrons. The number of anilines is 1. The SMILES string of the molecule is COc1c(-c2ccccc2N)ccc2cc(F)ccc12. The number of benzene rings is 3. The average molecular weight is 267 g/mol. The normalized spacial score (nSPS) is 10.7. The summed E-state index contributed by atoms with van der Waals surface area (Å²) in [6.45, 7) is 0. The van der Waals surface area contributed by atoms with Crippen LogP contribution in [-0.2, 0) is 0 Å². The Hall–Kier alpha value is -2.55. The maximum Gasteiger partial charge on any atom is 0.134 e. The average Bonchev–Trinajstić information content (AvgIpc) is 2.46. The van der Waals surface area contributed by atoms with Crippen LogP contribution in [0.2, 0.25) is 0 Å². The van der Waals surface area contributed by atoms with Crippen molar-refractivity contribution in [2.24, 2.45) is 0 Å². The lowest BCUT2D eigenvalue weighted by molar-refractivity contribution is 0.421. The van der Waals surface area contributed by atoms with Gasteiger partial charge in [-0.2, -0.15) is 0 Å².